The number of carboxylic acids is 1. The molecule has 0 aromatic heterocycles. The third-order valence-electron chi connectivity index (χ3n) is 3.92. The summed E-state index contributed by atoms with van der Waals surface area (Å²) in [5.41, 5.74) is 5.69. The lowest BCUT2D eigenvalue weighted by molar-refractivity contribution is -0.139. The maximum Gasteiger partial charge on any atom is 0.303 e. The van der Waals surface area contributed by atoms with E-state index in [-0.39, 0.29) is 25.0 Å². The second-order valence-electron chi connectivity index (χ2n) is 6.39. The Labute approximate surface area is 145 Å². The Kier molecular flexibility index (Phi) is 14.2. The lowest BCUT2D eigenvalue weighted by atomic mass is 10.0. The Morgan fingerprint density at radius 1 is 0.875 bits per heavy atom. The first-order valence-corrected chi connectivity index (χ1v) is 9.24. The van der Waals surface area contributed by atoms with Crippen LogP contribution in [0, 0.1) is 0 Å². The Morgan fingerprint density at radius 3 is 1.96 bits per heavy atom. The summed E-state index contributed by atoms with van der Waals surface area (Å²) in [6, 6.07) is 0. The van der Waals surface area contributed by atoms with Crippen molar-refractivity contribution in [1.29, 1.82) is 0 Å². The average molecular weight is 342 g/mol. The van der Waals surface area contributed by atoms with Crippen molar-refractivity contribution in [3.8, 4) is 0 Å². The number of unbranched alkanes of at least 4 members (excludes halogenated alkanes) is 8. The highest BCUT2D eigenvalue weighted by Gasteiger charge is 2.13. The molecule has 140 valence electrons. The number of carbonyl (C=O) groups excluding carboxylic acids is 2. The second kappa shape index (κ2) is 15.1. The van der Waals surface area contributed by atoms with Gasteiger partial charge >= 0.3 is 5.97 Å². The highest BCUT2D eigenvalue weighted by molar-refractivity contribution is 5.82. The van der Waals surface area contributed by atoms with Gasteiger partial charge in [0.2, 0.25) is 5.91 Å². The van der Waals surface area contributed by atoms with Gasteiger partial charge in [-0.05, 0) is 6.42 Å². The number of ketones is 1. The minimum atomic E-state index is -1.03. The van der Waals surface area contributed by atoms with Crippen molar-refractivity contribution in [3.63, 3.8) is 0 Å². The van der Waals surface area contributed by atoms with Crippen molar-refractivity contribution in [2.45, 2.75) is 96.6 Å². The lowest BCUT2D eigenvalue weighted by Gasteiger charge is -2.12. The molecule has 0 heterocycles. The maximum atomic E-state index is 11.8. The number of rotatable bonds is 16. The Hall–Kier alpha value is -1.43. The van der Waals surface area contributed by atoms with Crippen LogP contribution >= 0.6 is 0 Å². The molecule has 4 N–H and O–H groups in total. The second-order valence-corrected chi connectivity index (χ2v) is 6.39. The summed E-state index contributed by atoms with van der Waals surface area (Å²) < 4.78 is 0. The number of amides is 1. The summed E-state index contributed by atoms with van der Waals surface area (Å²) in [6.45, 7) is 2.21. The average Bonchev–Trinajstić information content (AvgIpc) is 2.51. The van der Waals surface area contributed by atoms with Crippen molar-refractivity contribution in [2.24, 2.45) is 5.73 Å². The number of aliphatic carboxylic acids is 1. The van der Waals surface area contributed by atoms with Crippen molar-refractivity contribution < 1.29 is 19.5 Å². The molecule has 0 aromatic carbocycles. The molecule has 0 bridgehead atoms. The fraction of sp³-hybridized carbons (Fsp3) is 0.833. The number of carboxylic acid groups (broad SMARTS) is 1. The van der Waals surface area contributed by atoms with Crippen LogP contribution < -0.4 is 11.1 Å². The third kappa shape index (κ3) is 15.5. The van der Waals surface area contributed by atoms with Crippen LogP contribution in [0.15, 0.2) is 0 Å². The predicted molar refractivity (Wildman–Crippen MR) is 94.5 cm³/mol. The predicted octanol–water partition coefficient (Wildman–Crippen LogP) is 3.13. The largest absolute Gasteiger partial charge is 0.481 e. The van der Waals surface area contributed by atoms with Crippen LogP contribution in [0.2, 0.25) is 0 Å². The number of hydrogen-bond donors (Lipinski definition) is 3. The van der Waals surface area contributed by atoms with Crippen LogP contribution in [0.3, 0.4) is 0 Å². The normalized spacial score (nSPS) is 11.9. The third-order valence-corrected chi connectivity index (χ3v) is 3.92. The summed E-state index contributed by atoms with van der Waals surface area (Å²) in [5, 5.41) is 10.9. The molecule has 1 unspecified atom stereocenters. The smallest absolute Gasteiger partial charge is 0.303 e. The van der Waals surface area contributed by atoms with Crippen molar-refractivity contribution >= 4 is 17.7 Å². The van der Waals surface area contributed by atoms with E-state index in [1.165, 1.54) is 38.5 Å². The molecule has 1 amide bonds. The van der Waals surface area contributed by atoms with Crippen LogP contribution in [-0.2, 0) is 14.4 Å². The minimum absolute atomic E-state index is 0.0454. The van der Waals surface area contributed by atoms with Gasteiger partial charge in [-0.1, -0.05) is 58.3 Å². The van der Waals surface area contributed by atoms with Crippen LogP contribution in [0.4, 0.5) is 0 Å². The zero-order valence-corrected chi connectivity index (χ0v) is 15.0. The van der Waals surface area contributed by atoms with Gasteiger partial charge in [-0.3, -0.25) is 14.4 Å². The molecule has 0 aliphatic heterocycles. The van der Waals surface area contributed by atoms with E-state index in [0.717, 1.165) is 19.3 Å². The van der Waals surface area contributed by atoms with Crippen molar-refractivity contribution in [1.82, 2.24) is 5.32 Å². The van der Waals surface area contributed by atoms with Gasteiger partial charge in [-0.15, -0.1) is 0 Å². The minimum Gasteiger partial charge on any atom is -0.481 e. The summed E-state index contributed by atoms with van der Waals surface area (Å²) in [6.07, 6.45) is 10.4. The van der Waals surface area contributed by atoms with E-state index in [1.807, 2.05) is 0 Å². The van der Waals surface area contributed by atoms with Gasteiger partial charge in [0.1, 0.15) is 5.78 Å². The molecule has 0 fully saturated rings. The summed E-state index contributed by atoms with van der Waals surface area (Å²) in [7, 11) is 0. The molecule has 6 heteroatoms. The van der Waals surface area contributed by atoms with E-state index < -0.39 is 18.0 Å². The van der Waals surface area contributed by atoms with E-state index in [1.54, 1.807) is 0 Å². The van der Waals surface area contributed by atoms with E-state index in [9.17, 15) is 14.4 Å². The molecule has 0 rings (SSSR count). The zero-order chi connectivity index (χ0) is 18.2. The van der Waals surface area contributed by atoms with E-state index >= 15 is 0 Å². The van der Waals surface area contributed by atoms with Gasteiger partial charge in [0.05, 0.1) is 12.6 Å². The quantitative estimate of drug-likeness (QED) is 0.295. The van der Waals surface area contributed by atoms with Gasteiger partial charge in [0, 0.05) is 19.3 Å². The number of carbonyl (C=O) groups is 3. The molecular formula is C18H34N2O4. The molecule has 1 atom stereocenters. The topological polar surface area (TPSA) is 109 Å². The van der Waals surface area contributed by atoms with Gasteiger partial charge in [-0.25, -0.2) is 0 Å². The van der Waals surface area contributed by atoms with Gasteiger partial charge in [0.15, 0.2) is 0 Å². The lowest BCUT2D eigenvalue weighted by Crippen LogP contribution is -2.43. The molecule has 0 aromatic rings. The van der Waals surface area contributed by atoms with E-state index in [2.05, 4.69) is 12.2 Å². The number of nitrogens with one attached hydrogen (secondary N) is 1. The SMILES string of the molecule is CCCCCCCCCCCC(=O)CC(N)NC(=O)CCC(=O)O. The molecule has 0 saturated heterocycles. The molecule has 0 aliphatic carbocycles. The molecular weight excluding hydrogens is 308 g/mol. The van der Waals surface area contributed by atoms with E-state index in [4.69, 9.17) is 10.8 Å². The maximum absolute atomic E-state index is 11.8. The Morgan fingerprint density at radius 2 is 1.42 bits per heavy atom. The van der Waals surface area contributed by atoms with Gasteiger partial charge < -0.3 is 16.2 Å². The zero-order valence-electron chi connectivity index (χ0n) is 15.0. The highest BCUT2D eigenvalue weighted by atomic mass is 16.4. The first kappa shape index (κ1) is 22.6. The summed E-state index contributed by atoms with van der Waals surface area (Å²) >= 11 is 0. The Balaban J connectivity index is 3.54. The Bertz CT molecular complexity index is 372. The number of Topliss-reactive ketones (excluding diaryl/α,β-unsaturated/α-hetero) is 1. The number of hydrogen-bond acceptors (Lipinski definition) is 4. The van der Waals surface area contributed by atoms with Crippen molar-refractivity contribution in [3.05, 3.63) is 0 Å². The van der Waals surface area contributed by atoms with Crippen LogP contribution in [0.1, 0.15) is 90.4 Å². The molecule has 0 radical (unpaired) electrons. The van der Waals surface area contributed by atoms with Crippen LogP contribution in [0.25, 0.3) is 0 Å². The number of nitrogens with two attached hydrogens (primary N) is 1. The molecule has 6 nitrogen and oxygen atoms in total. The molecule has 0 aliphatic rings. The van der Waals surface area contributed by atoms with Gasteiger partial charge in [0.25, 0.3) is 0 Å². The first-order valence-electron chi connectivity index (χ1n) is 9.24. The van der Waals surface area contributed by atoms with Gasteiger partial charge in [-0.2, -0.15) is 0 Å². The monoisotopic (exact) mass is 342 g/mol. The standard InChI is InChI=1S/C18H34N2O4/c1-2-3-4-5-6-7-8-9-10-11-15(21)14-16(19)20-17(22)12-13-18(23)24/h16H,2-14,19H2,1H3,(H,20,22)(H,23,24). The highest BCUT2D eigenvalue weighted by Crippen LogP contribution is 2.11. The molecule has 0 spiro atoms. The molecule has 24 heavy (non-hydrogen) atoms. The fourth-order valence-electron chi connectivity index (χ4n) is 2.53. The van der Waals surface area contributed by atoms with E-state index in [0.29, 0.717) is 6.42 Å². The van der Waals surface area contributed by atoms with Crippen molar-refractivity contribution in [2.75, 3.05) is 0 Å². The first-order chi connectivity index (χ1) is 11.5. The van der Waals surface area contributed by atoms with Crippen LogP contribution in [0.5, 0.6) is 0 Å². The molecule has 0 saturated carbocycles. The summed E-state index contributed by atoms with van der Waals surface area (Å²) in [5.74, 6) is -1.41. The fourth-order valence-corrected chi connectivity index (χ4v) is 2.53. The van der Waals surface area contributed by atoms with Crippen LogP contribution in [-0.4, -0.2) is 28.9 Å². The summed E-state index contributed by atoms with van der Waals surface area (Å²) in [4.78, 5) is 33.5.